The molecule has 1 heterocycles. The van der Waals surface area contributed by atoms with Crippen LogP contribution in [0.15, 0.2) is 231 Å². The number of rotatable bonds is 7. The lowest BCUT2D eigenvalue weighted by Crippen LogP contribution is -2.18. The van der Waals surface area contributed by atoms with Crippen LogP contribution in [-0.2, 0) is 5.41 Å². The molecule has 10 aromatic carbocycles. The molecular weight excluding hydrogens is 761 g/mol. The van der Waals surface area contributed by atoms with Crippen molar-refractivity contribution in [2.45, 2.75) is 19.3 Å². The smallest absolute Gasteiger partial charge is 0.0587 e. The predicted octanol–water partition coefficient (Wildman–Crippen LogP) is 16.7. The minimum Gasteiger partial charge on any atom is -0.310 e. The van der Waals surface area contributed by atoms with E-state index in [-0.39, 0.29) is 5.41 Å². The highest BCUT2D eigenvalue weighted by atomic mass is 15.1. The summed E-state index contributed by atoms with van der Waals surface area (Å²) in [6.07, 6.45) is 0. The van der Waals surface area contributed by atoms with Crippen molar-refractivity contribution >= 4 is 49.6 Å². The van der Waals surface area contributed by atoms with E-state index < -0.39 is 0 Å². The van der Waals surface area contributed by atoms with Crippen molar-refractivity contribution in [2.75, 3.05) is 4.90 Å². The zero-order chi connectivity index (χ0) is 42.1. The average Bonchev–Trinajstić information content (AvgIpc) is 3.80. The molecule has 0 saturated heterocycles. The third-order valence-corrected chi connectivity index (χ3v) is 13.4. The summed E-state index contributed by atoms with van der Waals surface area (Å²) in [6, 6.07) is 84.5. The first-order valence-electron chi connectivity index (χ1n) is 21.9. The maximum Gasteiger partial charge on any atom is 0.0587 e. The van der Waals surface area contributed by atoms with E-state index in [9.17, 15) is 0 Å². The SMILES string of the molecule is CC1(C)c2ccccc2-c2ccc(-c3ccc(N(c4ccc(-c5ccccc5)cc4)c4ccc(-c5ccccc5)cc4)c4ccccc34)c(-n3c4ccccc4c4ccccc43)c21. The topological polar surface area (TPSA) is 8.17 Å². The maximum atomic E-state index is 2.56. The van der Waals surface area contributed by atoms with Gasteiger partial charge in [0.05, 0.1) is 22.4 Å². The molecule has 0 amide bonds. The number of nitrogens with zero attached hydrogens (tertiary/aromatic N) is 2. The summed E-state index contributed by atoms with van der Waals surface area (Å²) in [5, 5.41) is 4.91. The molecule has 0 unspecified atom stereocenters. The summed E-state index contributed by atoms with van der Waals surface area (Å²) in [4.78, 5) is 2.42. The molecule has 0 radical (unpaired) electrons. The van der Waals surface area contributed by atoms with Crippen molar-refractivity contribution in [2.24, 2.45) is 0 Å². The molecule has 12 rings (SSSR count). The third-order valence-electron chi connectivity index (χ3n) is 13.4. The van der Waals surface area contributed by atoms with Gasteiger partial charge >= 0.3 is 0 Å². The Morgan fingerprint density at radius 1 is 0.333 bits per heavy atom. The van der Waals surface area contributed by atoms with Crippen LogP contribution in [-0.4, -0.2) is 4.57 Å². The van der Waals surface area contributed by atoms with Crippen LogP contribution in [0, 0.1) is 0 Å². The normalized spacial score (nSPS) is 12.7. The van der Waals surface area contributed by atoms with Gasteiger partial charge in [-0.3, -0.25) is 0 Å². The highest BCUT2D eigenvalue weighted by molar-refractivity contribution is 6.12. The van der Waals surface area contributed by atoms with Gasteiger partial charge in [0, 0.05) is 38.5 Å². The van der Waals surface area contributed by atoms with Gasteiger partial charge in [0.15, 0.2) is 0 Å². The Labute approximate surface area is 368 Å². The van der Waals surface area contributed by atoms with Gasteiger partial charge in [-0.25, -0.2) is 0 Å². The van der Waals surface area contributed by atoms with Crippen LogP contribution in [0.4, 0.5) is 17.1 Å². The molecule has 0 atom stereocenters. The molecule has 0 N–H and O–H groups in total. The van der Waals surface area contributed by atoms with Crippen LogP contribution < -0.4 is 4.90 Å². The van der Waals surface area contributed by atoms with Crippen molar-refractivity contribution in [3.05, 3.63) is 242 Å². The Balaban J connectivity index is 1.10. The number of hydrogen-bond acceptors (Lipinski definition) is 1. The fourth-order valence-electron chi connectivity index (χ4n) is 10.5. The summed E-state index contributed by atoms with van der Waals surface area (Å²) in [6.45, 7) is 4.81. The lowest BCUT2D eigenvalue weighted by atomic mass is 9.79. The number of para-hydroxylation sites is 2. The molecule has 298 valence electrons. The number of anilines is 3. The van der Waals surface area contributed by atoms with Crippen molar-refractivity contribution in [1.82, 2.24) is 4.57 Å². The van der Waals surface area contributed by atoms with E-state index in [1.54, 1.807) is 0 Å². The molecule has 0 spiro atoms. The molecule has 1 aromatic heterocycles. The molecule has 1 aliphatic carbocycles. The van der Waals surface area contributed by atoms with Crippen molar-refractivity contribution in [3.8, 4) is 50.2 Å². The fourth-order valence-corrected chi connectivity index (χ4v) is 10.5. The second-order valence-electron chi connectivity index (χ2n) is 17.3. The molecule has 1 aliphatic rings. The van der Waals surface area contributed by atoms with Gasteiger partial charge in [0.1, 0.15) is 0 Å². The largest absolute Gasteiger partial charge is 0.310 e. The zero-order valence-electron chi connectivity index (χ0n) is 35.3. The van der Waals surface area contributed by atoms with Gasteiger partial charge in [-0.2, -0.15) is 0 Å². The van der Waals surface area contributed by atoms with E-state index in [0.29, 0.717) is 0 Å². The van der Waals surface area contributed by atoms with Crippen LogP contribution in [0.25, 0.3) is 82.8 Å². The van der Waals surface area contributed by atoms with Crippen LogP contribution in [0.1, 0.15) is 25.0 Å². The lowest BCUT2D eigenvalue weighted by molar-refractivity contribution is 0.657. The molecule has 2 nitrogen and oxygen atoms in total. The lowest BCUT2D eigenvalue weighted by Gasteiger charge is -2.29. The maximum absolute atomic E-state index is 2.56. The quantitative estimate of drug-likeness (QED) is 0.156. The van der Waals surface area contributed by atoms with Crippen LogP contribution in [0.3, 0.4) is 0 Å². The molecular formula is C61H44N2. The standard InChI is InChI=1S/C61H44N2/c1-61(2)55-26-14-11-22-49(55)53-37-38-54(60(59(53)61)63-56-27-15-12-24-51(56)52-25-13-16-28-57(52)63)48-39-40-58(50-23-10-9-21-47(48)50)62(45-33-29-43(30-34-45)41-17-5-3-6-18-41)46-35-31-44(32-36-46)42-19-7-4-8-20-42/h3-40H,1-2H3. The number of hydrogen-bond donors (Lipinski definition) is 0. The van der Waals surface area contributed by atoms with E-state index in [1.165, 1.54) is 93.9 Å². The fraction of sp³-hybridized carbons (Fsp3) is 0.0492. The number of benzene rings is 10. The van der Waals surface area contributed by atoms with Crippen molar-refractivity contribution < 1.29 is 0 Å². The molecule has 0 aliphatic heterocycles. The van der Waals surface area contributed by atoms with Gasteiger partial charge in [-0.05, 0) is 97.9 Å². The minimum absolute atomic E-state index is 0.242. The Hall–Kier alpha value is -7.94. The predicted molar refractivity (Wildman–Crippen MR) is 267 cm³/mol. The molecule has 11 aromatic rings. The van der Waals surface area contributed by atoms with E-state index in [1.807, 2.05) is 0 Å². The number of fused-ring (bicyclic) bond motifs is 7. The van der Waals surface area contributed by atoms with Crippen molar-refractivity contribution in [1.29, 1.82) is 0 Å². The Kier molecular flexibility index (Phi) is 8.55. The van der Waals surface area contributed by atoms with Gasteiger partial charge < -0.3 is 9.47 Å². The minimum atomic E-state index is -0.242. The summed E-state index contributed by atoms with van der Waals surface area (Å²) in [5.41, 5.74) is 19.3. The number of aromatic nitrogens is 1. The Morgan fingerprint density at radius 2 is 0.778 bits per heavy atom. The molecule has 2 heteroatoms. The monoisotopic (exact) mass is 804 g/mol. The van der Waals surface area contributed by atoms with Gasteiger partial charge in [0.2, 0.25) is 0 Å². The Morgan fingerprint density at radius 3 is 1.37 bits per heavy atom. The third kappa shape index (κ3) is 5.86. The van der Waals surface area contributed by atoms with E-state index in [4.69, 9.17) is 0 Å². The molecule has 63 heavy (non-hydrogen) atoms. The zero-order valence-corrected chi connectivity index (χ0v) is 35.3. The van der Waals surface area contributed by atoms with E-state index >= 15 is 0 Å². The summed E-state index contributed by atoms with van der Waals surface area (Å²) in [5.74, 6) is 0. The molecule has 0 saturated carbocycles. The summed E-state index contributed by atoms with van der Waals surface area (Å²) >= 11 is 0. The van der Waals surface area contributed by atoms with Crippen LogP contribution in [0.2, 0.25) is 0 Å². The van der Waals surface area contributed by atoms with Crippen LogP contribution in [0.5, 0.6) is 0 Å². The first-order valence-corrected chi connectivity index (χ1v) is 21.9. The first-order chi connectivity index (χ1) is 31.0. The molecule has 0 fully saturated rings. The summed E-state index contributed by atoms with van der Waals surface area (Å²) < 4.78 is 2.56. The highest BCUT2D eigenvalue weighted by Gasteiger charge is 2.39. The average molecular weight is 805 g/mol. The van der Waals surface area contributed by atoms with E-state index in [0.717, 1.165) is 17.1 Å². The van der Waals surface area contributed by atoms with Crippen LogP contribution >= 0.6 is 0 Å². The second-order valence-corrected chi connectivity index (χ2v) is 17.3. The van der Waals surface area contributed by atoms with Crippen molar-refractivity contribution in [3.63, 3.8) is 0 Å². The van der Waals surface area contributed by atoms with Gasteiger partial charge in [0.25, 0.3) is 0 Å². The summed E-state index contributed by atoms with van der Waals surface area (Å²) in [7, 11) is 0. The van der Waals surface area contributed by atoms with Gasteiger partial charge in [-0.15, -0.1) is 0 Å². The highest BCUT2D eigenvalue weighted by Crippen LogP contribution is 2.55. The van der Waals surface area contributed by atoms with Gasteiger partial charge in [-0.1, -0.05) is 202 Å². The Bertz CT molecular complexity index is 3370. The van der Waals surface area contributed by atoms with E-state index in [2.05, 4.69) is 254 Å². The second kappa shape index (κ2) is 14.6. The molecule has 0 bridgehead atoms. The first kappa shape index (κ1) is 36.9.